The van der Waals surface area contributed by atoms with Crippen LogP contribution in [0.15, 0.2) is 46.6 Å². The van der Waals surface area contributed by atoms with Crippen LogP contribution < -0.4 is 0 Å². The number of allylic oxidation sites excluding steroid dienone is 4. The van der Waals surface area contributed by atoms with Gasteiger partial charge in [-0.05, 0) is 74.3 Å². The van der Waals surface area contributed by atoms with E-state index >= 15 is 0 Å². The molecule has 6 aliphatic carbocycles. The summed E-state index contributed by atoms with van der Waals surface area (Å²) < 4.78 is 5.67. The van der Waals surface area contributed by atoms with E-state index in [1.807, 2.05) is 4.90 Å². The Morgan fingerprint density at radius 3 is 2.40 bits per heavy atom. The molecule has 7 aliphatic rings. The summed E-state index contributed by atoms with van der Waals surface area (Å²) in [5, 5.41) is 23.3. The largest absolute Gasteiger partial charge is 0.461 e. The van der Waals surface area contributed by atoms with Crippen LogP contribution in [0.1, 0.15) is 76.3 Å². The molecule has 8 rings (SSSR count). The van der Waals surface area contributed by atoms with Gasteiger partial charge in [-0.3, -0.25) is 14.5 Å². The molecule has 2 bridgehead atoms. The fraction of sp³-hybridized carbons (Fsp3) is 0.697. The second-order valence-electron chi connectivity index (χ2n) is 14.4. The highest BCUT2D eigenvalue weighted by atomic mass is 16.3. The summed E-state index contributed by atoms with van der Waals surface area (Å²) in [5.41, 5.74) is -1.23. The third kappa shape index (κ3) is 3.29. The van der Waals surface area contributed by atoms with Crippen LogP contribution in [-0.2, 0) is 4.79 Å². The molecule has 1 amide bonds. The minimum absolute atomic E-state index is 0.0408. The van der Waals surface area contributed by atoms with Gasteiger partial charge in [0.1, 0.15) is 0 Å². The minimum atomic E-state index is -0.863. The molecule has 0 radical (unpaired) electrons. The van der Waals surface area contributed by atoms with Gasteiger partial charge in [-0.25, -0.2) is 0 Å². The number of ketones is 1. The second-order valence-corrected chi connectivity index (χ2v) is 14.4. The number of aliphatic hydroxyl groups is 2. The maximum Gasteiger partial charge on any atom is 0.224 e. The summed E-state index contributed by atoms with van der Waals surface area (Å²) in [5.74, 6) is 0.853. The fourth-order valence-electron chi connectivity index (χ4n) is 10.7. The number of piperazine rings is 1. The molecule has 1 aromatic rings. The highest BCUT2D eigenvalue weighted by Crippen LogP contribution is 2.78. The average Bonchev–Trinajstić information content (AvgIpc) is 3.55. The molecule has 8 atom stereocenters. The van der Waals surface area contributed by atoms with Crippen molar-refractivity contribution in [3.05, 3.63) is 48.0 Å². The van der Waals surface area contributed by atoms with Gasteiger partial charge in [0.05, 0.1) is 18.0 Å². The number of carbonyl (C=O) groups excluding carboxylic acids is 2. The number of amides is 1. The SMILES string of the molecule is CC(=O)N1CCN(CC2(O)CCC3C45C=CC6(C=C4C(=O)c4ccco4)CC(O)CCC6(C)C5CCC32C)CC1. The Bertz CT molecular complexity index is 1280. The van der Waals surface area contributed by atoms with E-state index in [0.29, 0.717) is 38.2 Å². The van der Waals surface area contributed by atoms with Crippen LogP contribution in [0.2, 0.25) is 0 Å². The normalized spacial score (nSPS) is 46.0. The number of β-amino-alcohol motifs (C(OH)–C–C–N with tert-alkyl or cyclic N) is 1. The summed E-state index contributed by atoms with van der Waals surface area (Å²) in [6, 6.07) is 3.54. The van der Waals surface area contributed by atoms with Crippen molar-refractivity contribution >= 4 is 11.7 Å². The van der Waals surface area contributed by atoms with Crippen LogP contribution in [-0.4, -0.2) is 76.1 Å². The number of furan rings is 1. The summed E-state index contributed by atoms with van der Waals surface area (Å²) in [7, 11) is 0. The summed E-state index contributed by atoms with van der Waals surface area (Å²) >= 11 is 0. The highest BCUT2D eigenvalue weighted by molar-refractivity contribution is 6.08. The number of fused-ring (bicyclic) bond motifs is 1. The smallest absolute Gasteiger partial charge is 0.224 e. The van der Waals surface area contributed by atoms with E-state index < -0.39 is 11.0 Å². The lowest BCUT2D eigenvalue weighted by atomic mass is 9.32. The molecular weight excluding hydrogens is 504 g/mol. The number of Topliss-reactive ketones (excluding diaryl/α,β-unsaturated/α-hetero) is 1. The highest BCUT2D eigenvalue weighted by Gasteiger charge is 2.74. The topological polar surface area (TPSA) is 94.2 Å². The number of carbonyl (C=O) groups is 2. The Morgan fingerprint density at radius 2 is 1.70 bits per heavy atom. The van der Waals surface area contributed by atoms with E-state index in [1.54, 1.807) is 25.3 Å². The van der Waals surface area contributed by atoms with Crippen molar-refractivity contribution in [2.75, 3.05) is 32.7 Å². The van der Waals surface area contributed by atoms with Crippen LogP contribution in [0.4, 0.5) is 0 Å². The minimum Gasteiger partial charge on any atom is -0.461 e. The van der Waals surface area contributed by atoms with Gasteiger partial charge in [0, 0.05) is 61.5 Å². The lowest BCUT2D eigenvalue weighted by molar-refractivity contribution is -0.177. The van der Waals surface area contributed by atoms with Crippen LogP contribution in [0.3, 0.4) is 0 Å². The molecule has 3 saturated carbocycles. The van der Waals surface area contributed by atoms with Crippen LogP contribution in [0.25, 0.3) is 0 Å². The predicted octanol–water partition coefficient (Wildman–Crippen LogP) is 4.22. The molecule has 8 unspecified atom stereocenters. The molecule has 216 valence electrons. The van der Waals surface area contributed by atoms with Crippen LogP contribution in [0.5, 0.6) is 0 Å². The third-order valence-electron chi connectivity index (χ3n) is 13.0. The zero-order valence-electron chi connectivity index (χ0n) is 24.2. The number of rotatable bonds is 4. The number of aliphatic hydroxyl groups excluding tert-OH is 1. The Kier molecular flexibility index (Phi) is 5.77. The monoisotopic (exact) mass is 548 g/mol. The van der Waals surface area contributed by atoms with Crippen molar-refractivity contribution in [3.8, 4) is 0 Å². The quantitative estimate of drug-likeness (QED) is 0.432. The van der Waals surface area contributed by atoms with E-state index in [1.165, 1.54) is 0 Å². The Balaban J connectivity index is 1.29. The molecule has 40 heavy (non-hydrogen) atoms. The third-order valence-corrected chi connectivity index (χ3v) is 13.0. The lowest BCUT2D eigenvalue weighted by Gasteiger charge is -2.71. The van der Waals surface area contributed by atoms with Gasteiger partial charge in [0.15, 0.2) is 5.76 Å². The second kappa shape index (κ2) is 8.65. The van der Waals surface area contributed by atoms with Crippen molar-refractivity contribution < 1.29 is 24.2 Å². The Hall–Kier alpha value is -2.22. The molecular formula is C33H44N2O5. The van der Waals surface area contributed by atoms with Crippen LogP contribution in [0, 0.1) is 33.5 Å². The Labute approximate surface area is 237 Å². The van der Waals surface area contributed by atoms with Gasteiger partial charge >= 0.3 is 0 Å². The molecule has 1 aliphatic heterocycles. The molecule has 0 aromatic carbocycles. The first-order chi connectivity index (χ1) is 19.0. The van der Waals surface area contributed by atoms with E-state index in [-0.39, 0.29) is 45.9 Å². The van der Waals surface area contributed by atoms with E-state index in [0.717, 1.165) is 50.8 Å². The standard InChI is InChI=1S/C33H44N2O5/c1-22(36)35-16-14-34(15-17-35)21-32(39)11-8-27-30(32,3)10-7-26-29(2)9-6-23(37)19-31(29)12-13-33(26,27)24(20-31)28(38)25-5-4-18-40-25/h4-5,12-13,18,20,23,26-27,37,39H,6-11,14-17,19,21H2,1-3H3. The first-order valence-electron chi connectivity index (χ1n) is 15.4. The number of nitrogens with zero attached hydrogens (tertiary/aromatic N) is 2. The maximum absolute atomic E-state index is 14.3. The van der Waals surface area contributed by atoms with Crippen molar-refractivity contribution in [3.63, 3.8) is 0 Å². The maximum atomic E-state index is 14.3. The number of hydrogen-bond acceptors (Lipinski definition) is 6. The van der Waals surface area contributed by atoms with Crippen molar-refractivity contribution in [2.24, 2.45) is 33.5 Å². The molecule has 2 spiro atoms. The number of hydrogen-bond donors (Lipinski definition) is 2. The van der Waals surface area contributed by atoms with Crippen LogP contribution >= 0.6 is 0 Å². The molecule has 7 nitrogen and oxygen atoms in total. The summed E-state index contributed by atoms with van der Waals surface area (Å²) in [6.45, 7) is 9.90. The fourth-order valence-corrected chi connectivity index (χ4v) is 10.7. The first-order valence-corrected chi connectivity index (χ1v) is 15.4. The molecule has 4 fully saturated rings. The lowest BCUT2D eigenvalue weighted by Crippen LogP contribution is -2.67. The molecule has 7 heteroatoms. The average molecular weight is 549 g/mol. The van der Waals surface area contributed by atoms with Gasteiger partial charge in [-0.1, -0.05) is 32.1 Å². The molecule has 1 saturated heterocycles. The van der Waals surface area contributed by atoms with Gasteiger partial charge in [-0.15, -0.1) is 0 Å². The molecule has 2 heterocycles. The van der Waals surface area contributed by atoms with Gasteiger partial charge in [0.25, 0.3) is 0 Å². The van der Waals surface area contributed by atoms with E-state index in [4.69, 9.17) is 4.42 Å². The first kappa shape index (κ1) is 26.7. The Morgan fingerprint density at radius 1 is 1.00 bits per heavy atom. The van der Waals surface area contributed by atoms with E-state index in [9.17, 15) is 19.8 Å². The van der Waals surface area contributed by atoms with Gasteiger partial charge in [-0.2, -0.15) is 0 Å². The van der Waals surface area contributed by atoms with E-state index in [2.05, 4.69) is 37.0 Å². The van der Waals surface area contributed by atoms with Crippen molar-refractivity contribution in [1.29, 1.82) is 0 Å². The predicted molar refractivity (Wildman–Crippen MR) is 150 cm³/mol. The van der Waals surface area contributed by atoms with Crippen molar-refractivity contribution in [1.82, 2.24) is 9.80 Å². The summed E-state index contributed by atoms with van der Waals surface area (Å²) in [6.07, 6.45) is 14.0. The van der Waals surface area contributed by atoms with Gasteiger partial charge in [0.2, 0.25) is 11.7 Å². The zero-order valence-corrected chi connectivity index (χ0v) is 24.2. The van der Waals surface area contributed by atoms with Gasteiger partial charge < -0.3 is 19.5 Å². The molecule has 2 N–H and O–H groups in total. The summed E-state index contributed by atoms with van der Waals surface area (Å²) in [4.78, 5) is 30.4. The zero-order chi connectivity index (χ0) is 28.1. The molecule has 1 aromatic heterocycles. The van der Waals surface area contributed by atoms with Crippen molar-refractivity contribution in [2.45, 2.75) is 77.4 Å².